The molecule has 0 aromatic heterocycles. The predicted molar refractivity (Wildman–Crippen MR) is 117 cm³/mol. The molecule has 27 heavy (non-hydrogen) atoms. The molecule has 0 spiro atoms. The molecule has 0 aromatic carbocycles. The van der Waals surface area contributed by atoms with E-state index in [-0.39, 0.29) is 29.6 Å². The van der Waals surface area contributed by atoms with E-state index in [0.717, 1.165) is 35.0 Å². The molecule has 4 fully saturated rings. The van der Waals surface area contributed by atoms with E-state index in [1.165, 1.54) is 38.5 Å². The minimum Gasteiger partial charge on any atom is -0.307 e. The van der Waals surface area contributed by atoms with Gasteiger partial charge in [0, 0.05) is 0 Å². The first-order valence-electron chi connectivity index (χ1n) is 12.6. The van der Waals surface area contributed by atoms with Crippen LogP contribution in [0.15, 0.2) is 0 Å². The number of hydrogen-bond donors (Lipinski definition) is 0. The number of fused-ring (bicyclic) bond motifs is 5. The van der Waals surface area contributed by atoms with E-state index >= 15 is 0 Å². The fraction of sp³-hybridized carbons (Fsp3) is 0.962. The molecule has 0 saturated heterocycles. The minimum absolute atomic E-state index is 0. The Morgan fingerprint density at radius 3 is 2.33 bits per heavy atom. The number of unbranched alkanes of at least 4 members (excludes halogenated alkanes) is 1. The van der Waals surface area contributed by atoms with E-state index in [0.29, 0.717) is 0 Å². The second kappa shape index (κ2) is 12.6. The molecule has 0 bridgehead atoms. The molecule has 0 heterocycles. The molecule has 4 aliphatic carbocycles. The Hall–Kier alpha value is 1.00. The zero-order chi connectivity index (χ0) is 19.2. The fourth-order valence-corrected chi connectivity index (χ4v) is 7.54. The Morgan fingerprint density at radius 2 is 1.63 bits per heavy atom. The maximum absolute atomic E-state index is 2.71. The predicted octanol–water partition coefficient (Wildman–Crippen LogP) is 5.85. The summed E-state index contributed by atoms with van der Waals surface area (Å²) >= 11 is 0. The van der Waals surface area contributed by atoms with Gasteiger partial charge in [-0.1, -0.05) is 105 Å². The van der Waals surface area contributed by atoms with Gasteiger partial charge in [-0.3, -0.25) is 0 Å². The van der Waals surface area contributed by atoms with Crippen LogP contribution in [0.1, 0.15) is 125 Å². The van der Waals surface area contributed by atoms with Crippen LogP contribution in [0.3, 0.4) is 0 Å². The summed E-state index contributed by atoms with van der Waals surface area (Å²) in [6.45, 7) is 13.1. The van der Waals surface area contributed by atoms with Gasteiger partial charge in [0.15, 0.2) is 0 Å². The van der Waals surface area contributed by atoms with Gasteiger partial charge in [0.1, 0.15) is 0 Å². The van der Waals surface area contributed by atoms with E-state index in [1.807, 2.05) is 27.7 Å². The van der Waals surface area contributed by atoms with Gasteiger partial charge in [0.25, 0.3) is 0 Å². The second-order valence-corrected chi connectivity index (χ2v) is 9.43. The SMILES string of the molecule is CC.CC.CCCCC1CCC2[C-]1CCC1C2CCC2CCCCC21C.[Na+]. The fourth-order valence-electron chi connectivity index (χ4n) is 7.54. The van der Waals surface area contributed by atoms with Crippen LogP contribution in [-0.4, -0.2) is 0 Å². The zero-order valence-corrected chi connectivity index (χ0v) is 22.1. The molecule has 0 N–H and O–H groups in total. The topological polar surface area (TPSA) is 0 Å². The maximum atomic E-state index is 2.71. The van der Waals surface area contributed by atoms with Crippen molar-refractivity contribution < 1.29 is 29.6 Å². The van der Waals surface area contributed by atoms with E-state index in [2.05, 4.69) is 19.8 Å². The maximum Gasteiger partial charge on any atom is 1.00 e. The van der Waals surface area contributed by atoms with E-state index in [4.69, 9.17) is 0 Å². The molecule has 0 aliphatic heterocycles. The summed E-state index contributed by atoms with van der Waals surface area (Å²) in [5.74, 6) is 7.41. The van der Waals surface area contributed by atoms with Gasteiger partial charge < -0.3 is 5.92 Å². The average Bonchev–Trinajstić information content (AvgIpc) is 3.12. The molecule has 154 valence electrons. The molecule has 0 radical (unpaired) electrons. The average molecular weight is 385 g/mol. The van der Waals surface area contributed by atoms with Gasteiger partial charge in [-0.15, -0.1) is 0 Å². The van der Waals surface area contributed by atoms with Gasteiger partial charge in [0.2, 0.25) is 0 Å². The summed E-state index contributed by atoms with van der Waals surface area (Å²) < 4.78 is 0. The molecule has 0 amide bonds. The molecule has 4 rings (SSSR count). The van der Waals surface area contributed by atoms with Gasteiger partial charge in [-0.2, -0.15) is 18.3 Å². The van der Waals surface area contributed by atoms with Gasteiger partial charge >= 0.3 is 29.6 Å². The summed E-state index contributed by atoms with van der Waals surface area (Å²) in [4.78, 5) is 0. The third-order valence-corrected chi connectivity index (χ3v) is 8.66. The molecule has 0 nitrogen and oxygen atoms in total. The quantitative estimate of drug-likeness (QED) is 0.423. The van der Waals surface area contributed by atoms with E-state index < -0.39 is 0 Å². The Balaban J connectivity index is 0.000000686. The molecular weight excluding hydrogens is 335 g/mol. The standard InChI is InChI=1S/C22H37.2C2H6.Na/c1-3-4-7-16-9-11-19-18(16)13-14-21-20(19)12-10-17-8-5-6-15-22(17,21)2;2*1-2;/h16-17,19-21H,3-15H2,1-2H3;2*1-2H3;/q-1;;;+1. The van der Waals surface area contributed by atoms with Crippen molar-refractivity contribution in [1.82, 2.24) is 0 Å². The van der Waals surface area contributed by atoms with Crippen molar-refractivity contribution in [2.24, 2.45) is 35.0 Å². The summed E-state index contributed by atoms with van der Waals surface area (Å²) in [5.41, 5.74) is 0.730. The Morgan fingerprint density at radius 1 is 0.889 bits per heavy atom. The smallest absolute Gasteiger partial charge is 0.307 e. The minimum atomic E-state index is 0. The van der Waals surface area contributed by atoms with E-state index in [9.17, 15) is 0 Å². The van der Waals surface area contributed by atoms with Crippen molar-refractivity contribution in [3.63, 3.8) is 0 Å². The Labute approximate surface area is 194 Å². The normalized spacial score (nSPS) is 40.0. The van der Waals surface area contributed by atoms with Crippen molar-refractivity contribution in [3.05, 3.63) is 5.92 Å². The van der Waals surface area contributed by atoms with Crippen LogP contribution < -0.4 is 29.6 Å². The molecule has 6 unspecified atom stereocenters. The van der Waals surface area contributed by atoms with Crippen LogP contribution in [0.4, 0.5) is 0 Å². The van der Waals surface area contributed by atoms with Crippen molar-refractivity contribution >= 4 is 0 Å². The number of rotatable bonds is 3. The molecular formula is C26H49Na. The Kier molecular flexibility index (Phi) is 12.2. The van der Waals surface area contributed by atoms with Crippen LogP contribution in [0, 0.1) is 40.9 Å². The third kappa shape index (κ3) is 5.38. The third-order valence-electron chi connectivity index (χ3n) is 8.66. The zero-order valence-electron chi connectivity index (χ0n) is 20.1. The van der Waals surface area contributed by atoms with Crippen molar-refractivity contribution in [3.8, 4) is 0 Å². The van der Waals surface area contributed by atoms with Crippen LogP contribution in [0.25, 0.3) is 0 Å². The first-order valence-corrected chi connectivity index (χ1v) is 12.6. The molecule has 4 aliphatic rings. The van der Waals surface area contributed by atoms with Crippen LogP contribution >= 0.6 is 0 Å². The number of hydrogen-bond acceptors (Lipinski definition) is 0. The van der Waals surface area contributed by atoms with Crippen LogP contribution in [-0.2, 0) is 0 Å². The van der Waals surface area contributed by atoms with Crippen molar-refractivity contribution in [1.29, 1.82) is 0 Å². The van der Waals surface area contributed by atoms with Crippen molar-refractivity contribution in [2.75, 3.05) is 0 Å². The molecule has 1 heteroatoms. The Bertz CT molecular complexity index is 392. The van der Waals surface area contributed by atoms with Crippen LogP contribution in [0.2, 0.25) is 0 Å². The monoisotopic (exact) mass is 384 g/mol. The molecule has 6 atom stereocenters. The van der Waals surface area contributed by atoms with Gasteiger partial charge in [-0.05, 0) is 36.5 Å². The van der Waals surface area contributed by atoms with Gasteiger partial charge in [0.05, 0.1) is 0 Å². The summed E-state index contributed by atoms with van der Waals surface area (Å²) in [6.07, 6.45) is 19.9. The van der Waals surface area contributed by atoms with Crippen LogP contribution in [0.5, 0.6) is 0 Å². The first-order chi connectivity index (χ1) is 12.7. The molecule has 4 saturated carbocycles. The molecule has 0 aromatic rings. The largest absolute Gasteiger partial charge is 1.00 e. The summed E-state index contributed by atoms with van der Waals surface area (Å²) in [6, 6.07) is 0. The first kappa shape index (κ1) is 26.0. The summed E-state index contributed by atoms with van der Waals surface area (Å²) in [7, 11) is 0. The second-order valence-electron chi connectivity index (χ2n) is 9.43. The van der Waals surface area contributed by atoms with E-state index in [1.54, 1.807) is 44.9 Å². The summed E-state index contributed by atoms with van der Waals surface area (Å²) in [5, 5.41) is 0. The van der Waals surface area contributed by atoms with Gasteiger partial charge in [-0.25, -0.2) is 0 Å². The van der Waals surface area contributed by atoms with Crippen molar-refractivity contribution in [2.45, 2.75) is 125 Å².